The molecule has 0 aliphatic heterocycles. The molecule has 0 saturated heterocycles. The first kappa shape index (κ1) is 25.7. The third kappa shape index (κ3) is 6.64. The van der Waals surface area contributed by atoms with Gasteiger partial charge in [-0.05, 0) is 41.8 Å². The molecule has 4 aromatic rings. The summed E-state index contributed by atoms with van der Waals surface area (Å²) in [6.45, 7) is 0. The second kappa shape index (κ2) is 12.0. The van der Waals surface area contributed by atoms with Crippen molar-refractivity contribution in [2.75, 3.05) is 5.01 Å². The van der Waals surface area contributed by atoms with Gasteiger partial charge in [-0.1, -0.05) is 78.2 Å². The summed E-state index contributed by atoms with van der Waals surface area (Å²) in [4.78, 5) is 38.4. The minimum atomic E-state index is -1.24. The predicted octanol–water partition coefficient (Wildman–Crippen LogP) is 5.82. The van der Waals surface area contributed by atoms with Crippen LogP contribution in [0, 0.1) is 11.8 Å². The number of carbonyl (C=O) groups is 3. The van der Waals surface area contributed by atoms with Crippen LogP contribution in [0.15, 0.2) is 90.3 Å². The highest BCUT2D eigenvalue weighted by atomic mass is 35.5. The minimum absolute atomic E-state index is 0.0536. The Balaban J connectivity index is 1.67. The van der Waals surface area contributed by atoms with Crippen LogP contribution < -0.4 is 10.4 Å². The van der Waals surface area contributed by atoms with E-state index in [2.05, 4.69) is 17.3 Å². The van der Waals surface area contributed by atoms with Crippen LogP contribution in [0.25, 0.3) is 11.1 Å². The third-order valence-electron chi connectivity index (χ3n) is 5.35. The number of halogens is 1. The van der Waals surface area contributed by atoms with E-state index in [0.717, 1.165) is 21.9 Å². The number of aromatic carboxylic acids is 1. The topological polar surface area (TPSA) is 86.7 Å². The number of hydrogen-bond donors (Lipinski definition) is 2. The monoisotopic (exact) mass is 528 g/mol. The molecule has 2 amide bonds. The molecule has 2 N–H and O–H groups in total. The van der Waals surface area contributed by atoms with Crippen molar-refractivity contribution in [2.24, 2.45) is 0 Å². The Morgan fingerprint density at radius 3 is 2.22 bits per heavy atom. The molecular weight excluding hydrogens is 508 g/mol. The predicted molar refractivity (Wildman–Crippen MR) is 145 cm³/mol. The maximum atomic E-state index is 13.2. The molecule has 0 aliphatic rings. The van der Waals surface area contributed by atoms with E-state index in [9.17, 15) is 19.5 Å². The van der Waals surface area contributed by atoms with E-state index in [-0.39, 0.29) is 17.0 Å². The molecule has 184 valence electrons. The molecule has 8 heteroatoms. The van der Waals surface area contributed by atoms with Gasteiger partial charge < -0.3 is 5.11 Å². The maximum absolute atomic E-state index is 13.2. The van der Waals surface area contributed by atoms with Crippen molar-refractivity contribution in [1.29, 1.82) is 0 Å². The van der Waals surface area contributed by atoms with Gasteiger partial charge in [-0.25, -0.2) is 4.79 Å². The number of nitrogens with zero attached hydrogens (tertiary/aromatic N) is 1. The van der Waals surface area contributed by atoms with Crippen LogP contribution in [0.2, 0.25) is 5.02 Å². The molecule has 0 spiro atoms. The average Bonchev–Trinajstić information content (AvgIpc) is 3.36. The number of hydrazine groups is 1. The molecule has 0 radical (unpaired) electrons. The number of benzene rings is 3. The van der Waals surface area contributed by atoms with Gasteiger partial charge in [0.1, 0.15) is 10.6 Å². The molecule has 1 aromatic heterocycles. The second-order valence-corrected chi connectivity index (χ2v) is 9.21. The van der Waals surface area contributed by atoms with Crippen LogP contribution in [0.4, 0.5) is 5.00 Å². The van der Waals surface area contributed by atoms with Crippen LogP contribution in [-0.2, 0) is 16.0 Å². The number of carbonyl (C=O) groups excluding carboxylic acids is 2. The Bertz CT molecular complexity index is 1470. The van der Waals surface area contributed by atoms with Gasteiger partial charge >= 0.3 is 11.9 Å². The quantitative estimate of drug-likeness (QED) is 0.244. The fourth-order valence-electron chi connectivity index (χ4n) is 3.54. The van der Waals surface area contributed by atoms with Gasteiger partial charge in [0, 0.05) is 33.9 Å². The Kier molecular flexibility index (Phi) is 8.37. The zero-order chi connectivity index (χ0) is 26.2. The normalized spacial score (nSPS) is 10.2. The number of nitrogens with one attached hydrogen (secondary N) is 1. The lowest BCUT2D eigenvalue weighted by molar-refractivity contribution is -0.124. The van der Waals surface area contributed by atoms with Gasteiger partial charge in [-0.2, -0.15) is 5.01 Å². The molecule has 0 aliphatic carbocycles. The molecule has 0 atom stereocenters. The molecule has 0 saturated carbocycles. The van der Waals surface area contributed by atoms with E-state index in [1.54, 1.807) is 53.9 Å². The first-order chi connectivity index (χ1) is 17.9. The van der Waals surface area contributed by atoms with Gasteiger partial charge in [-0.15, -0.1) is 11.3 Å². The zero-order valence-corrected chi connectivity index (χ0v) is 21.1. The van der Waals surface area contributed by atoms with Crippen molar-refractivity contribution >= 4 is 45.7 Å². The lowest BCUT2D eigenvalue weighted by Crippen LogP contribution is -2.46. The number of aryl methyl sites for hydroxylation is 1. The molecule has 0 bridgehead atoms. The summed E-state index contributed by atoms with van der Waals surface area (Å²) in [6, 6.07) is 25.0. The summed E-state index contributed by atoms with van der Waals surface area (Å²) in [5.74, 6) is 2.84. The standard InChI is InChI=1S/C29H21ClN2O4S/c30-23-15-13-22(14-16-23)24-19-37-28(27(24)29(35)36)32(26(34)18-12-21-9-5-2-6-10-21)31-25(33)17-11-20-7-3-1-4-8-20/h1-10,13-16,19H,11,17H2,(H,31,33)(H,35,36). The lowest BCUT2D eigenvalue weighted by atomic mass is 10.0. The molecule has 3 aromatic carbocycles. The van der Waals surface area contributed by atoms with Gasteiger partial charge in [-0.3, -0.25) is 15.0 Å². The van der Waals surface area contributed by atoms with Crippen molar-refractivity contribution in [3.63, 3.8) is 0 Å². The largest absolute Gasteiger partial charge is 0.478 e. The van der Waals surface area contributed by atoms with E-state index in [1.165, 1.54) is 0 Å². The van der Waals surface area contributed by atoms with E-state index < -0.39 is 17.8 Å². The lowest BCUT2D eigenvalue weighted by Gasteiger charge is -2.20. The Morgan fingerprint density at radius 2 is 1.57 bits per heavy atom. The van der Waals surface area contributed by atoms with Crippen LogP contribution >= 0.6 is 22.9 Å². The number of carboxylic acids is 1. The number of rotatable bonds is 6. The summed E-state index contributed by atoms with van der Waals surface area (Å²) in [7, 11) is 0. The van der Waals surface area contributed by atoms with Crippen LogP contribution in [0.3, 0.4) is 0 Å². The number of amides is 2. The van der Waals surface area contributed by atoms with Crippen LogP contribution in [0.1, 0.15) is 27.9 Å². The van der Waals surface area contributed by atoms with Crippen LogP contribution in [-0.4, -0.2) is 22.9 Å². The molecule has 0 fully saturated rings. The fraction of sp³-hybridized carbons (Fsp3) is 0.0690. The second-order valence-electron chi connectivity index (χ2n) is 7.92. The van der Waals surface area contributed by atoms with Crippen molar-refractivity contribution in [3.05, 3.63) is 112 Å². The number of thiophene rings is 1. The average molecular weight is 529 g/mol. The molecule has 4 rings (SSSR count). The summed E-state index contributed by atoms with van der Waals surface area (Å²) in [5, 5.41) is 13.2. The van der Waals surface area contributed by atoms with Crippen molar-refractivity contribution in [1.82, 2.24) is 5.43 Å². The number of hydrogen-bond acceptors (Lipinski definition) is 4. The van der Waals surface area contributed by atoms with Crippen molar-refractivity contribution in [2.45, 2.75) is 12.8 Å². The fourth-order valence-corrected chi connectivity index (χ4v) is 4.70. The summed E-state index contributed by atoms with van der Waals surface area (Å²) in [6.07, 6.45) is 0.550. The molecule has 37 heavy (non-hydrogen) atoms. The Labute approximate surface area is 223 Å². The number of anilines is 1. The van der Waals surface area contributed by atoms with E-state index in [1.807, 2.05) is 36.4 Å². The third-order valence-corrected chi connectivity index (χ3v) is 6.57. The molecular formula is C29H21ClN2O4S. The summed E-state index contributed by atoms with van der Waals surface area (Å²) < 4.78 is 0. The Hall–Kier alpha value is -4.38. The highest BCUT2D eigenvalue weighted by molar-refractivity contribution is 7.15. The minimum Gasteiger partial charge on any atom is -0.478 e. The van der Waals surface area contributed by atoms with Crippen molar-refractivity contribution in [3.8, 4) is 23.0 Å². The van der Waals surface area contributed by atoms with E-state index in [0.29, 0.717) is 28.1 Å². The van der Waals surface area contributed by atoms with E-state index >= 15 is 0 Å². The van der Waals surface area contributed by atoms with E-state index in [4.69, 9.17) is 11.6 Å². The molecule has 0 unspecified atom stereocenters. The number of carboxylic acid groups (broad SMARTS) is 1. The molecule has 1 heterocycles. The summed E-state index contributed by atoms with van der Waals surface area (Å²) in [5.41, 5.74) is 5.04. The highest BCUT2D eigenvalue weighted by Gasteiger charge is 2.28. The van der Waals surface area contributed by atoms with Gasteiger partial charge in [0.15, 0.2) is 0 Å². The zero-order valence-electron chi connectivity index (χ0n) is 19.5. The summed E-state index contributed by atoms with van der Waals surface area (Å²) >= 11 is 7.01. The van der Waals surface area contributed by atoms with Gasteiger partial charge in [0.05, 0.1) is 0 Å². The highest BCUT2D eigenvalue weighted by Crippen LogP contribution is 2.38. The SMILES string of the molecule is O=C(CCc1ccccc1)NN(C(=O)C#Cc1ccccc1)c1scc(-c2ccc(Cl)cc2)c1C(=O)O. The van der Waals surface area contributed by atoms with Gasteiger partial charge in [0.2, 0.25) is 5.91 Å². The first-order valence-corrected chi connectivity index (χ1v) is 12.5. The first-order valence-electron chi connectivity index (χ1n) is 11.3. The maximum Gasteiger partial charge on any atom is 0.339 e. The van der Waals surface area contributed by atoms with Crippen molar-refractivity contribution < 1.29 is 19.5 Å². The molecule has 6 nitrogen and oxygen atoms in total. The Morgan fingerprint density at radius 1 is 0.919 bits per heavy atom. The smallest absolute Gasteiger partial charge is 0.339 e. The van der Waals surface area contributed by atoms with Crippen LogP contribution in [0.5, 0.6) is 0 Å². The van der Waals surface area contributed by atoms with Gasteiger partial charge in [0.25, 0.3) is 0 Å².